The first-order chi connectivity index (χ1) is 12.0. The van der Waals surface area contributed by atoms with Gasteiger partial charge < -0.3 is 10.4 Å². The van der Waals surface area contributed by atoms with Crippen LogP contribution in [0.5, 0.6) is 5.75 Å². The molecule has 2 aromatic heterocycles. The highest BCUT2D eigenvalue weighted by atomic mass is 35.5. The minimum Gasteiger partial charge on any atom is -0.508 e. The highest BCUT2D eigenvalue weighted by Gasteiger charge is 2.14. The zero-order valence-corrected chi connectivity index (χ0v) is 13.8. The van der Waals surface area contributed by atoms with Gasteiger partial charge in [-0.3, -0.25) is 14.8 Å². The summed E-state index contributed by atoms with van der Waals surface area (Å²) in [7, 11) is 0. The van der Waals surface area contributed by atoms with E-state index in [9.17, 15) is 14.3 Å². The van der Waals surface area contributed by atoms with Crippen molar-refractivity contribution < 1.29 is 14.3 Å². The molecule has 3 aromatic rings. The maximum atomic E-state index is 13.5. The van der Waals surface area contributed by atoms with Gasteiger partial charge in [-0.05, 0) is 25.1 Å². The first-order valence-electron chi connectivity index (χ1n) is 7.18. The van der Waals surface area contributed by atoms with Crippen LogP contribution in [0, 0.1) is 12.7 Å². The molecule has 25 heavy (non-hydrogen) atoms. The predicted molar refractivity (Wildman–Crippen MR) is 91.0 cm³/mol. The van der Waals surface area contributed by atoms with Crippen LogP contribution in [0.15, 0.2) is 43.0 Å². The summed E-state index contributed by atoms with van der Waals surface area (Å²) in [6, 6.07) is 4.47. The monoisotopic (exact) mass is 358 g/mol. The largest absolute Gasteiger partial charge is 0.508 e. The summed E-state index contributed by atoms with van der Waals surface area (Å²) < 4.78 is 13.5. The Morgan fingerprint density at radius 1 is 1.20 bits per heavy atom. The molecule has 2 N–H and O–H groups in total. The van der Waals surface area contributed by atoms with Crippen LogP contribution in [0.25, 0.3) is 11.3 Å². The molecule has 0 aliphatic rings. The van der Waals surface area contributed by atoms with E-state index in [1.165, 1.54) is 37.6 Å². The van der Waals surface area contributed by atoms with Gasteiger partial charge in [0, 0.05) is 17.3 Å². The highest BCUT2D eigenvalue weighted by molar-refractivity contribution is 6.33. The molecule has 2 heterocycles. The lowest BCUT2D eigenvalue weighted by molar-refractivity contribution is 0.102. The van der Waals surface area contributed by atoms with Gasteiger partial charge in [0.2, 0.25) is 0 Å². The number of hydrogen-bond acceptors (Lipinski definition) is 5. The summed E-state index contributed by atoms with van der Waals surface area (Å²) in [6.07, 6.45) is 5.07. The number of phenols is 1. The number of anilines is 1. The van der Waals surface area contributed by atoms with Gasteiger partial charge in [0.25, 0.3) is 5.91 Å². The molecule has 0 spiro atoms. The topological polar surface area (TPSA) is 88.0 Å². The molecule has 3 rings (SSSR count). The van der Waals surface area contributed by atoms with Crippen LogP contribution in [-0.2, 0) is 0 Å². The number of carbonyl (C=O) groups is 1. The fourth-order valence-corrected chi connectivity index (χ4v) is 2.37. The van der Waals surface area contributed by atoms with Crippen molar-refractivity contribution in [2.75, 3.05) is 5.32 Å². The summed E-state index contributed by atoms with van der Waals surface area (Å²) in [5, 5.41) is 12.5. The molecule has 1 amide bonds. The fourth-order valence-electron chi connectivity index (χ4n) is 2.15. The Hall–Kier alpha value is -3.06. The molecule has 0 atom stereocenters. The average Bonchev–Trinajstić information content (AvgIpc) is 2.60. The number of pyridine rings is 1. The van der Waals surface area contributed by atoms with Crippen molar-refractivity contribution >= 4 is 23.3 Å². The van der Waals surface area contributed by atoms with Crippen molar-refractivity contribution in [2.24, 2.45) is 0 Å². The van der Waals surface area contributed by atoms with E-state index in [-0.39, 0.29) is 22.7 Å². The van der Waals surface area contributed by atoms with Crippen molar-refractivity contribution in [1.82, 2.24) is 15.0 Å². The van der Waals surface area contributed by atoms with Gasteiger partial charge in [-0.25, -0.2) is 9.37 Å². The molecule has 0 fully saturated rings. The molecular weight excluding hydrogens is 347 g/mol. The van der Waals surface area contributed by atoms with Crippen LogP contribution in [0.3, 0.4) is 0 Å². The van der Waals surface area contributed by atoms with Crippen LogP contribution in [0.4, 0.5) is 10.2 Å². The van der Waals surface area contributed by atoms with Gasteiger partial charge in [-0.15, -0.1) is 0 Å². The van der Waals surface area contributed by atoms with Gasteiger partial charge in [0.15, 0.2) is 5.82 Å². The Morgan fingerprint density at radius 3 is 2.72 bits per heavy atom. The number of nitrogens with one attached hydrogen (secondary N) is 1. The van der Waals surface area contributed by atoms with E-state index < -0.39 is 11.7 Å². The number of benzene rings is 1. The Balaban J connectivity index is 1.82. The van der Waals surface area contributed by atoms with Crippen molar-refractivity contribution in [3.8, 4) is 17.0 Å². The molecule has 0 aliphatic carbocycles. The minimum atomic E-state index is -0.562. The molecule has 0 unspecified atom stereocenters. The molecule has 6 nitrogen and oxygen atoms in total. The molecule has 0 saturated heterocycles. The Kier molecular flexibility index (Phi) is 4.58. The lowest BCUT2D eigenvalue weighted by Crippen LogP contribution is -2.15. The smallest absolute Gasteiger partial charge is 0.258 e. The first-order valence-corrected chi connectivity index (χ1v) is 7.56. The second kappa shape index (κ2) is 6.82. The van der Waals surface area contributed by atoms with Crippen LogP contribution in [-0.4, -0.2) is 26.0 Å². The number of aromatic hydroxyl groups is 1. The van der Waals surface area contributed by atoms with Crippen LogP contribution in [0.1, 0.15) is 15.9 Å². The number of amides is 1. The lowest BCUT2D eigenvalue weighted by Gasteiger charge is -2.08. The molecule has 126 valence electrons. The zero-order chi connectivity index (χ0) is 18.0. The molecule has 0 radical (unpaired) electrons. The Labute approximate surface area is 147 Å². The number of carbonyl (C=O) groups excluding carboxylic acids is 1. The third-order valence-electron chi connectivity index (χ3n) is 3.52. The molecule has 0 saturated carbocycles. The zero-order valence-electron chi connectivity index (χ0n) is 13.0. The number of halogens is 2. The second-order valence-corrected chi connectivity index (χ2v) is 5.61. The number of hydrogen-bond donors (Lipinski definition) is 2. The number of rotatable bonds is 3. The quantitative estimate of drug-likeness (QED) is 0.746. The summed E-state index contributed by atoms with van der Waals surface area (Å²) in [4.78, 5) is 24.1. The van der Waals surface area contributed by atoms with E-state index >= 15 is 0 Å². The number of nitrogens with zero attached hydrogens (tertiary/aromatic N) is 3. The van der Waals surface area contributed by atoms with E-state index in [0.717, 1.165) is 6.20 Å². The van der Waals surface area contributed by atoms with E-state index in [4.69, 9.17) is 11.6 Å². The van der Waals surface area contributed by atoms with E-state index in [1.807, 2.05) is 0 Å². The molecule has 0 aliphatic heterocycles. The Morgan fingerprint density at radius 2 is 2.00 bits per heavy atom. The standard InChI is InChI=1S/C17H12ClFN4O2/c1-9-12(5-20-6-14(9)19)17(25)23-16-8-21-15(7-22-16)11-4-10(24)2-3-13(11)18/h2-8,24H,1H3,(H,22,23,25). The summed E-state index contributed by atoms with van der Waals surface area (Å²) in [5.74, 6) is -0.865. The van der Waals surface area contributed by atoms with Gasteiger partial charge in [-0.1, -0.05) is 11.6 Å². The fraction of sp³-hybridized carbons (Fsp3) is 0.0588. The van der Waals surface area contributed by atoms with Crippen LogP contribution < -0.4 is 5.32 Å². The van der Waals surface area contributed by atoms with Gasteiger partial charge in [0.1, 0.15) is 11.6 Å². The lowest BCUT2D eigenvalue weighted by atomic mass is 10.1. The third-order valence-corrected chi connectivity index (χ3v) is 3.85. The molecule has 8 heteroatoms. The van der Waals surface area contributed by atoms with Crippen molar-refractivity contribution in [3.05, 3.63) is 65.0 Å². The molecular formula is C17H12ClFN4O2. The first kappa shape index (κ1) is 16.8. The normalized spacial score (nSPS) is 10.5. The van der Waals surface area contributed by atoms with Gasteiger partial charge in [0.05, 0.1) is 34.9 Å². The predicted octanol–water partition coefficient (Wildman–Crippen LogP) is 3.60. The summed E-state index contributed by atoms with van der Waals surface area (Å²) >= 11 is 6.08. The second-order valence-electron chi connectivity index (χ2n) is 5.20. The Bertz CT molecular complexity index is 948. The third kappa shape index (κ3) is 3.56. The highest BCUT2D eigenvalue weighted by Crippen LogP contribution is 2.29. The maximum Gasteiger partial charge on any atom is 0.258 e. The molecule has 0 bridgehead atoms. The van der Waals surface area contributed by atoms with Gasteiger partial charge in [-0.2, -0.15) is 0 Å². The van der Waals surface area contributed by atoms with Crippen LogP contribution in [0.2, 0.25) is 5.02 Å². The minimum absolute atomic E-state index is 0.0488. The van der Waals surface area contributed by atoms with Crippen molar-refractivity contribution in [1.29, 1.82) is 0 Å². The van der Waals surface area contributed by atoms with Crippen molar-refractivity contribution in [2.45, 2.75) is 6.92 Å². The SMILES string of the molecule is Cc1c(F)cncc1C(=O)Nc1cnc(-c2cc(O)ccc2Cl)cn1. The van der Waals surface area contributed by atoms with Crippen LogP contribution >= 0.6 is 11.6 Å². The van der Waals surface area contributed by atoms with E-state index in [1.54, 1.807) is 6.07 Å². The van der Waals surface area contributed by atoms with Crippen molar-refractivity contribution in [3.63, 3.8) is 0 Å². The van der Waals surface area contributed by atoms with E-state index in [2.05, 4.69) is 20.3 Å². The summed E-state index contributed by atoms with van der Waals surface area (Å²) in [5.41, 5.74) is 1.25. The van der Waals surface area contributed by atoms with Gasteiger partial charge >= 0.3 is 0 Å². The van der Waals surface area contributed by atoms with E-state index in [0.29, 0.717) is 16.3 Å². The molecule has 1 aromatic carbocycles. The summed E-state index contributed by atoms with van der Waals surface area (Å²) in [6.45, 7) is 1.49. The average molecular weight is 359 g/mol. The number of phenolic OH excluding ortho intramolecular Hbond substituents is 1. The maximum absolute atomic E-state index is 13.5. The number of aromatic nitrogens is 3.